The van der Waals surface area contributed by atoms with Crippen LogP contribution in [0.2, 0.25) is 0 Å². The molecule has 1 saturated heterocycles. The summed E-state index contributed by atoms with van der Waals surface area (Å²) in [5.74, 6) is 0.121. The van der Waals surface area contributed by atoms with E-state index in [0.717, 1.165) is 36.3 Å². The number of nitrogens with one attached hydrogen (secondary N) is 1. The van der Waals surface area contributed by atoms with Crippen LogP contribution in [-0.2, 0) is 9.84 Å². The first-order valence-electron chi connectivity index (χ1n) is 9.16. The van der Waals surface area contributed by atoms with Gasteiger partial charge in [0.15, 0.2) is 15.5 Å². The highest BCUT2D eigenvalue weighted by molar-refractivity contribution is 7.91. The normalized spacial score (nSPS) is 23.2. The number of amides is 1. The van der Waals surface area contributed by atoms with Gasteiger partial charge in [-0.25, -0.2) is 8.42 Å². The van der Waals surface area contributed by atoms with Crippen molar-refractivity contribution in [2.75, 3.05) is 11.5 Å². The zero-order chi connectivity index (χ0) is 18.1. The van der Waals surface area contributed by atoms with E-state index in [1.165, 1.54) is 6.42 Å². The van der Waals surface area contributed by atoms with E-state index in [9.17, 15) is 13.2 Å². The summed E-state index contributed by atoms with van der Waals surface area (Å²) < 4.78 is 25.6. The maximum Gasteiger partial charge on any atom is 0.272 e. The highest BCUT2D eigenvalue weighted by Gasteiger charge is 2.32. The summed E-state index contributed by atoms with van der Waals surface area (Å²) in [5, 5.41) is 9.60. The van der Waals surface area contributed by atoms with E-state index in [2.05, 4.69) is 10.4 Å². The minimum Gasteiger partial charge on any atom is -0.348 e. The average molecular weight is 394 g/mol. The quantitative estimate of drug-likeness (QED) is 0.866. The molecular formula is C18H23N3O3S2. The van der Waals surface area contributed by atoms with Crippen molar-refractivity contribution >= 4 is 27.1 Å². The number of sulfone groups is 1. The van der Waals surface area contributed by atoms with Crippen LogP contribution in [0.3, 0.4) is 0 Å². The van der Waals surface area contributed by atoms with Gasteiger partial charge in [-0.15, -0.1) is 11.3 Å². The monoisotopic (exact) mass is 393 g/mol. The van der Waals surface area contributed by atoms with Crippen molar-refractivity contribution in [1.82, 2.24) is 15.1 Å². The molecule has 2 fully saturated rings. The van der Waals surface area contributed by atoms with Gasteiger partial charge in [0.1, 0.15) is 0 Å². The molecule has 2 aromatic rings. The van der Waals surface area contributed by atoms with Gasteiger partial charge in [0.2, 0.25) is 0 Å². The van der Waals surface area contributed by atoms with Crippen molar-refractivity contribution in [2.45, 2.75) is 50.6 Å². The molecule has 26 heavy (non-hydrogen) atoms. The number of aromatic nitrogens is 2. The third-order valence-electron chi connectivity index (χ3n) is 5.24. The Bertz CT molecular complexity index is 881. The Labute approximate surface area is 157 Å². The SMILES string of the molecule is O=C(NC1CCCCC1)c1cc(-c2cccs2)n([C@@H]2CCS(=O)(=O)C2)n1. The van der Waals surface area contributed by atoms with Crippen LogP contribution in [0.4, 0.5) is 0 Å². The third kappa shape index (κ3) is 3.71. The van der Waals surface area contributed by atoms with Crippen LogP contribution in [0, 0.1) is 0 Å². The molecular weight excluding hydrogens is 370 g/mol. The van der Waals surface area contributed by atoms with Gasteiger partial charge in [-0.3, -0.25) is 9.48 Å². The van der Waals surface area contributed by atoms with Gasteiger partial charge in [-0.05, 0) is 36.8 Å². The third-order valence-corrected chi connectivity index (χ3v) is 7.88. The Morgan fingerprint density at radius 1 is 1.23 bits per heavy atom. The van der Waals surface area contributed by atoms with Crippen molar-refractivity contribution in [3.63, 3.8) is 0 Å². The molecule has 1 atom stereocenters. The Balaban J connectivity index is 1.62. The number of rotatable bonds is 4. The lowest BCUT2D eigenvalue weighted by Crippen LogP contribution is -2.36. The lowest BCUT2D eigenvalue weighted by atomic mass is 9.95. The van der Waals surface area contributed by atoms with E-state index in [-0.39, 0.29) is 29.5 Å². The first-order valence-corrected chi connectivity index (χ1v) is 11.9. The minimum absolute atomic E-state index is 0.0940. The Morgan fingerprint density at radius 2 is 2.04 bits per heavy atom. The zero-order valence-corrected chi connectivity index (χ0v) is 16.2. The summed E-state index contributed by atoms with van der Waals surface area (Å²) in [6.45, 7) is 0. The molecule has 140 valence electrons. The van der Waals surface area contributed by atoms with Crippen LogP contribution in [0.5, 0.6) is 0 Å². The molecule has 1 saturated carbocycles. The number of carbonyl (C=O) groups is 1. The highest BCUT2D eigenvalue weighted by Crippen LogP contribution is 2.32. The second-order valence-corrected chi connectivity index (χ2v) is 10.4. The molecule has 0 unspecified atom stereocenters. The van der Waals surface area contributed by atoms with E-state index in [0.29, 0.717) is 12.1 Å². The molecule has 0 aromatic carbocycles. The average Bonchev–Trinajstić information content (AvgIpc) is 3.33. The second-order valence-electron chi connectivity index (χ2n) is 7.20. The van der Waals surface area contributed by atoms with Crippen molar-refractivity contribution in [1.29, 1.82) is 0 Å². The van der Waals surface area contributed by atoms with Gasteiger partial charge >= 0.3 is 0 Å². The molecule has 1 N–H and O–H groups in total. The first kappa shape index (κ1) is 17.7. The number of hydrogen-bond acceptors (Lipinski definition) is 5. The van der Waals surface area contributed by atoms with Crippen molar-refractivity contribution < 1.29 is 13.2 Å². The zero-order valence-electron chi connectivity index (χ0n) is 14.6. The van der Waals surface area contributed by atoms with E-state index in [4.69, 9.17) is 0 Å². The van der Waals surface area contributed by atoms with E-state index in [1.54, 1.807) is 22.1 Å². The molecule has 8 heteroatoms. The molecule has 0 radical (unpaired) electrons. The fraction of sp³-hybridized carbons (Fsp3) is 0.556. The van der Waals surface area contributed by atoms with Crippen molar-refractivity contribution in [2.24, 2.45) is 0 Å². The molecule has 1 aliphatic heterocycles. The highest BCUT2D eigenvalue weighted by atomic mass is 32.2. The van der Waals surface area contributed by atoms with Crippen LogP contribution in [0.25, 0.3) is 10.6 Å². The number of hydrogen-bond donors (Lipinski definition) is 1. The summed E-state index contributed by atoms with van der Waals surface area (Å²) in [6.07, 6.45) is 6.13. The van der Waals surface area contributed by atoms with E-state index >= 15 is 0 Å². The predicted molar refractivity (Wildman–Crippen MR) is 102 cm³/mol. The Kier molecular flexibility index (Phi) is 4.88. The van der Waals surface area contributed by atoms with Gasteiger partial charge in [-0.1, -0.05) is 25.3 Å². The Hall–Kier alpha value is -1.67. The molecule has 0 bridgehead atoms. The van der Waals surface area contributed by atoms with Crippen molar-refractivity contribution in [3.8, 4) is 10.6 Å². The molecule has 2 aliphatic rings. The van der Waals surface area contributed by atoms with E-state index in [1.807, 2.05) is 17.5 Å². The van der Waals surface area contributed by atoms with Crippen LogP contribution in [0.1, 0.15) is 55.1 Å². The molecule has 0 spiro atoms. The van der Waals surface area contributed by atoms with E-state index < -0.39 is 9.84 Å². The smallest absolute Gasteiger partial charge is 0.272 e. The topological polar surface area (TPSA) is 81.1 Å². The summed E-state index contributed by atoms with van der Waals surface area (Å²) in [5.41, 5.74) is 1.21. The lowest BCUT2D eigenvalue weighted by molar-refractivity contribution is 0.0921. The summed E-state index contributed by atoms with van der Waals surface area (Å²) in [7, 11) is -3.02. The second kappa shape index (κ2) is 7.15. The fourth-order valence-electron chi connectivity index (χ4n) is 3.87. The van der Waals surface area contributed by atoms with Gasteiger partial charge < -0.3 is 5.32 Å². The van der Waals surface area contributed by atoms with Crippen LogP contribution in [0.15, 0.2) is 23.6 Å². The Morgan fingerprint density at radius 3 is 2.69 bits per heavy atom. The van der Waals surface area contributed by atoms with Gasteiger partial charge in [0.25, 0.3) is 5.91 Å². The van der Waals surface area contributed by atoms with Crippen LogP contribution in [-0.4, -0.2) is 41.7 Å². The van der Waals surface area contributed by atoms with Crippen molar-refractivity contribution in [3.05, 3.63) is 29.3 Å². The maximum absolute atomic E-state index is 12.7. The van der Waals surface area contributed by atoms with Gasteiger partial charge in [0.05, 0.1) is 28.1 Å². The van der Waals surface area contributed by atoms with Gasteiger partial charge in [-0.2, -0.15) is 5.10 Å². The first-order chi connectivity index (χ1) is 12.5. The largest absolute Gasteiger partial charge is 0.348 e. The molecule has 6 nitrogen and oxygen atoms in total. The molecule has 3 heterocycles. The summed E-state index contributed by atoms with van der Waals surface area (Å²) in [4.78, 5) is 13.7. The summed E-state index contributed by atoms with van der Waals surface area (Å²) >= 11 is 1.57. The maximum atomic E-state index is 12.7. The molecule has 4 rings (SSSR count). The fourth-order valence-corrected chi connectivity index (χ4v) is 6.29. The number of nitrogens with zero attached hydrogens (tertiary/aromatic N) is 2. The summed E-state index contributed by atoms with van der Waals surface area (Å²) in [6, 6.07) is 5.75. The number of thiophene rings is 1. The lowest BCUT2D eigenvalue weighted by Gasteiger charge is -2.22. The predicted octanol–water partition coefficient (Wildman–Crippen LogP) is 3.03. The minimum atomic E-state index is -3.02. The van der Waals surface area contributed by atoms with Gasteiger partial charge in [0, 0.05) is 6.04 Å². The molecule has 2 aromatic heterocycles. The molecule has 1 aliphatic carbocycles. The number of carbonyl (C=O) groups excluding carboxylic acids is 1. The van der Waals surface area contributed by atoms with Crippen LogP contribution >= 0.6 is 11.3 Å². The standard InChI is InChI=1S/C18H23N3O3S2/c22-18(19-13-5-2-1-3-6-13)15-11-16(17-7-4-9-25-17)21(20-15)14-8-10-26(23,24)12-14/h4,7,9,11,13-14H,1-3,5-6,8,10,12H2,(H,19,22)/t14-/m1/s1. The molecule has 1 amide bonds. The van der Waals surface area contributed by atoms with Crippen LogP contribution < -0.4 is 5.32 Å².